The van der Waals surface area contributed by atoms with Gasteiger partial charge in [0.2, 0.25) is 0 Å². The van der Waals surface area contributed by atoms with Crippen LogP contribution < -0.4 is 0 Å². The molecule has 4 heterocycles. The third-order valence-corrected chi connectivity index (χ3v) is 7.64. The van der Waals surface area contributed by atoms with Crippen LogP contribution in [0.25, 0.3) is 22.1 Å². The highest BCUT2D eigenvalue weighted by molar-refractivity contribution is 7.90. The fraction of sp³-hybridized carbons (Fsp3) is 0.318. The zero-order valence-corrected chi connectivity index (χ0v) is 18.0. The van der Waals surface area contributed by atoms with E-state index < -0.39 is 10.0 Å². The quantitative estimate of drug-likeness (QED) is 0.479. The molecule has 1 fully saturated rings. The summed E-state index contributed by atoms with van der Waals surface area (Å²) in [5, 5.41) is 9.65. The second kappa shape index (κ2) is 7.48. The van der Waals surface area contributed by atoms with E-state index in [1.54, 1.807) is 42.7 Å². The van der Waals surface area contributed by atoms with Gasteiger partial charge in [-0.2, -0.15) is 5.26 Å². The van der Waals surface area contributed by atoms with Crippen molar-refractivity contribution >= 4 is 32.1 Å². The number of hydrogen-bond donors (Lipinski definition) is 0. The van der Waals surface area contributed by atoms with Crippen molar-refractivity contribution in [2.45, 2.75) is 30.7 Å². The summed E-state index contributed by atoms with van der Waals surface area (Å²) in [6.45, 7) is 4.52. The van der Waals surface area contributed by atoms with Crippen LogP contribution in [0.1, 0.15) is 24.7 Å². The lowest BCUT2D eigenvalue weighted by molar-refractivity contribution is 0.331. The third-order valence-electron chi connectivity index (χ3n) is 5.96. The fourth-order valence-electron chi connectivity index (χ4n) is 4.54. The second-order valence-electron chi connectivity index (χ2n) is 7.84. The summed E-state index contributed by atoms with van der Waals surface area (Å²) in [6, 6.07) is 12.6. The Hall–Kier alpha value is -3.22. The van der Waals surface area contributed by atoms with Crippen LogP contribution in [0.5, 0.6) is 0 Å². The molecular weight excluding hydrogens is 412 g/mol. The molecule has 3 aromatic heterocycles. The lowest BCUT2D eigenvalue weighted by Crippen LogP contribution is -2.22. The number of imidazole rings is 1. The molecule has 1 atom stereocenters. The molecule has 0 aliphatic carbocycles. The molecule has 31 heavy (non-hydrogen) atoms. The fourth-order valence-corrected chi connectivity index (χ4v) is 5.87. The molecular formula is C22H22N6O2S. The molecule has 0 N–H and O–H groups in total. The summed E-state index contributed by atoms with van der Waals surface area (Å²) < 4.78 is 29.9. The average Bonchev–Trinajstić information content (AvgIpc) is 3.48. The van der Waals surface area contributed by atoms with Gasteiger partial charge in [0.25, 0.3) is 10.0 Å². The summed E-state index contributed by atoms with van der Waals surface area (Å²) in [5.74, 6) is 0.884. The normalized spacial score (nSPS) is 17.5. The van der Waals surface area contributed by atoms with E-state index in [1.165, 1.54) is 3.97 Å². The number of rotatable bonds is 5. The highest BCUT2D eigenvalue weighted by atomic mass is 32.2. The minimum absolute atomic E-state index is 0.225. The van der Waals surface area contributed by atoms with Gasteiger partial charge in [0.15, 0.2) is 5.65 Å². The molecule has 1 saturated heterocycles. The van der Waals surface area contributed by atoms with Crippen LogP contribution in [-0.2, 0) is 10.0 Å². The maximum absolute atomic E-state index is 13.2. The van der Waals surface area contributed by atoms with Gasteiger partial charge in [-0.25, -0.2) is 22.4 Å². The molecule has 9 heteroatoms. The lowest BCUT2D eigenvalue weighted by atomic mass is 10.2. The maximum atomic E-state index is 13.2. The summed E-state index contributed by atoms with van der Waals surface area (Å²) in [5.41, 5.74) is 2.07. The van der Waals surface area contributed by atoms with E-state index in [2.05, 4.69) is 20.5 Å². The number of nitrogens with zero attached hydrogens (tertiary/aromatic N) is 6. The van der Waals surface area contributed by atoms with Crippen molar-refractivity contribution in [2.24, 2.45) is 0 Å². The third kappa shape index (κ3) is 3.19. The first-order valence-corrected chi connectivity index (χ1v) is 11.7. The van der Waals surface area contributed by atoms with Gasteiger partial charge in [0, 0.05) is 43.7 Å². The van der Waals surface area contributed by atoms with E-state index in [4.69, 9.17) is 10.2 Å². The van der Waals surface area contributed by atoms with Crippen LogP contribution in [-0.4, -0.2) is 51.5 Å². The Labute approximate surface area is 180 Å². The molecule has 158 valence electrons. The number of likely N-dealkylation sites (tertiary alicyclic amines) is 1. The number of benzene rings is 1. The first-order chi connectivity index (χ1) is 15.0. The van der Waals surface area contributed by atoms with E-state index in [0.717, 1.165) is 48.3 Å². The summed E-state index contributed by atoms with van der Waals surface area (Å²) in [6.07, 6.45) is 4.70. The summed E-state index contributed by atoms with van der Waals surface area (Å²) in [4.78, 5) is 11.7. The van der Waals surface area contributed by atoms with Gasteiger partial charge in [-0.15, -0.1) is 0 Å². The van der Waals surface area contributed by atoms with Gasteiger partial charge in [-0.05, 0) is 31.5 Å². The molecule has 4 aromatic rings. The SMILES string of the molecule is Cc1nc2cnc3c(ccn3S(=O)(=O)c3ccccc3)c2n1C1CCN(CCC#N)C1. The van der Waals surface area contributed by atoms with Gasteiger partial charge in [0.05, 0.1) is 22.7 Å². The maximum Gasteiger partial charge on any atom is 0.269 e. The lowest BCUT2D eigenvalue weighted by Gasteiger charge is -2.17. The number of pyridine rings is 1. The highest BCUT2D eigenvalue weighted by Gasteiger charge is 2.28. The molecule has 0 bridgehead atoms. The number of aryl methyl sites for hydroxylation is 1. The first kappa shape index (κ1) is 19.7. The van der Waals surface area contributed by atoms with Crippen molar-refractivity contribution in [2.75, 3.05) is 19.6 Å². The zero-order valence-electron chi connectivity index (χ0n) is 17.1. The summed E-state index contributed by atoms with van der Waals surface area (Å²) in [7, 11) is -3.75. The Balaban J connectivity index is 1.63. The van der Waals surface area contributed by atoms with Crippen molar-refractivity contribution < 1.29 is 8.42 Å². The molecule has 1 unspecified atom stereocenters. The van der Waals surface area contributed by atoms with E-state index in [-0.39, 0.29) is 10.9 Å². The molecule has 0 amide bonds. The molecule has 8 nitrogen and oxygen atoms in total. The average molecular weight is 435 g/mol. The van der Waals surface area contributed by atoms with Crippen LogP contribution >= 0.6 is 0 Å². The predicted octanol–water partition coefficient (Wildman–Crippen LogP) is 3.09. The van der Waals surface area contributed by atoms with Crippen LogP contribution in [0.3, 0.4) is 0 Å². The monoisotopic (exact) mass is 434 g/mol. The Morgan fingerprint density at radius 1 is 1.23 bits per heavy atom. The van der Waals surface area contributed by atoms with Crippen LogP contribution in [0.2, 0.25) is 0 Å². The van der Waals surface area contributed by atoms with Gasteiger partial charge < -0.3 is 9.47 Å². The predicted molar refractivity (Wildman–Crippen MR) is 117 cm³/mol. The topological polar surface area (TPSA) is 96.8 Å². The number of nitriles is 1. The molecule has 0 spiro atoms. The van der Waals surface area contributed by atoms with E-state index in [9.17, 15) is 8.42 Å². The van der Waals surface area contributed by atoms with Gasteiger partial charge >= 0.3 is 0 Å². The molecule has 0 saturated carbocycles. The van der Waals surface area contributed by atoms with Gasteiger partial charge in [-0.3, -0.25) is 0 Å². The summed E-state index contributed by atoms with van der Waals surface area (Å²) >= 11 is 0. The number of fused-ring (bicyclic) bond motifs is 3. The molecule has 1 aliphatic rings. The molecule has 1 aromatic carbocycles. The molecule has 5 rings (SSSR count). The van der Waals surface area contributed by atoms with Crippen LogP contribution in [0, 0.1) is 18.3 Å². The van der Waals surface area contributed by atoms with Crippen molar-refractivity contribution in [1.82, 2.24) is 23.4 Å². The highest BCUT2D eigenvalue weighted by Crippen LogP contribution is 2.33. The van der Waals surface area contributed by atoms with Crippen molar-refractivity contribution in [1.29, 1.82) is 5.26 Å². The van der Waals surface area contributed by atoms with Gasteiger partial charge in [-0.1, -0.05) is 18.2 Å². The number of hydrogen-bond acceptors (Lipinski definition) is 6. The minimum Gasteiger partial charge on any atom is -0.323 e. The molecule has 0 radical (unpaired) electrons. The van der Waals surface area contributed by atoms with Crippen molar-refractivity contribution in [3.63, 3.8) is 0 Å². The van der Waals surface area contributed by atoms with E-state index >= 15 is 0 Å². The van der Waals surface area contributed by atoms with Crippen LogP contribution in [0.4, 0.5) is 0 Å². The Morgan fingerprint density at radius 3 is 2.81 bits per heavy atom. The largest absolute Gasteiger partial charge is 0.323 e. The van der Waals surface area contributed by atoms with Crippen molar-refractivity contribution in [3.8, 4) is 6.07 Å². The van der Waals surface area contributed by atoms with E-state index in [0.29, 0.717) is 12.1 Å². The smallest absolute Gasteiger partial charge is 0.269 e. The van der Waals surface area contributed by atoms with Gasteiger partial charge in [0.1, 0.15) is 11.3 Å². The first-order valence-electron chi connectivity index (χ1n) is 10.2. The van der Waals surface area contributed by atoms with Crippen LogP contribution in [0.15, 0.2) is 53.7 Å². The standard InChI is InChI=1S/C22H22N6O2S/c1-16-25-20-14-24-22-19(9-13-27(22)31(29,30)18-6-3-2-4-7-18)21(20)28(16)17-8-12-26(15-17)11-5-10-23/h2-4,6-7,9,13-14,17H,5,8,11-12,15H2,1H3. The zero-order chi connectivity index (χ0) is 21.6. The Morgan fingerprint density at radius 2 is 2.03 bits per heavy atom. The van der Waals surface area contributed by atoms with E-state index in [1.807, 2.05) is 13.0 Å². The Kier molecular flexibility index (Phi) is 4.76. The molecule has 1 aliphatic heterocycles. The minimum atomic E-state index is -3.75. The van der Waals surface area contributed by atoms with Crippen molar-refractivity contribution in [3.05, 3.63) is 54.6 Å². The second-order valence-corrected chi connectivity index (χ2v) is 9.65. The Bertz CT molecular complexity index is 1420. The number of aromatic nitrogens is 4.